The number of carboxylic acid groups (broad SMARTS) is 1. The van der Waals surface area contributed by atoms with Crippen LogP contribution in [0.25, 0.3) is 11.1 Å². The van der Waals surface area contributed by atoms with Gasteiger partial charge in [-0.25, -0.2) is 4.79 Å². The zero-order valence-electron chi connectivity index (χ0n) is 19.8. The van der Waals surface area contributed by atoms with Crippen molar-refractivity contribution in [1.29, 1.82) is 0 Å². The summed E-state index contributed by atoms with van der Waals surface area (Å²) < 4.78 is 10.8. The van der Waals surface area contributed by atoms with Crippen molar-refractivity contribution in [2.75, 3.05) is 21.3 Å². The van der Waals surface area contributed by atoms with Gasteiger partial charge in [-0.05, 0) is 42.3 Å². The lowest BCUT2D eigenvalue weighted by Gasteiger charge is -2.28. The summed E-state index contributed by atoms with van der Waals surface area (Å²) in [5.41, 5.74) is 2.40. The third-order valence-corrected chi connectivity index (χ3v) is 5.71. The molecule has 1 heterocycles. The van der Waals surface area contributed by atoms with Gasteiger partial charge in [-0.3, -0.25) is 14.4 Å². The van der Waals surface area contributed by atoms with Crippen molar-refractivity contribution in [1.82, 2.24) is 15.5 Å². The molecule has 0 fully saturated rings. The summed E-state index contributed by atoms with van der Waals surface area (Å²) in [5, 5.41) is 14.4. The number of carbonyl (C=O) groups is 4. The first kappa shape index (κ1) is 25.3. The first-order valence-electron chi connectivity index (χ1n) is 10.8. The molecule has 0 radical (unpaired) electrons. The van der Waals surface area contributed by atoms with Gasteiger partial charge in [-0.1, -0.05) is 18.2 Å². The van der Waals surface area contributed by atoms with Crippen LogP contribution in [0.3, 0.4) is 0 Å². The van der Waals surface area contributed by atoms with Gasteiger partial charge in [-0.15, -0.1) is 0 Å². The summed E-state index contributed by atoms with van der Waals surface area (Å²) in [7, 11) is 4.57. The van der Waals surface area contributed by atoms with Crippen molar-refractivity contribution in [3.63, 3.8) is 0 Å². The van der Waals surface area contributed by atoms with Crippen LogP contribution in [0.4, 0.5) is 4.79 Å². The summed E-state index contributed by atoms with van der Waals surface area (Å²) in [6.45, 7) is 1.61. The number of carbonyl (C=O) groups excluding carboxylic acids is 3. The van der Waals surface area contributed by atoms with Crippen LogP contribution in [-0.4, -0.2) is 61.0 Å². The van der Waals surface area contributed by atoms with Crippen LogP contribution >= 0.6 is 0 Å². The molecule has 2 aromatic rings. The van der Waals surface area contributed by atoms with Crippen LogP contribution in [0, 0.1) is 0 Å². The van der Waals surface area contributed by atoms with Crippen LogP contribution in [0.1, 0.15) is 24.9 Å². The number of ether oxygens (including phenoxy) is 2. The van der Waals surface area contributed by atoms with Crippen LogP contribution in [-0.2, 0) is 14.4 Å². The third-order valence-electron chi connectivity index (χ3n) is 5.71. The Morgan fingerprint density at radius 3 is 2.51 bits per heavy atom. The van der Waals surface area contributed by atoms with Crippen LogP contribution in [0.15, 0.2) is 54.2 Å². The van der Waals surface area contributed by atoms with Crippen molar-refractivity contribution < 1.29 is 33.8 Å². The van der Waals surface area contributed by atoms with E-state index >= 15 is 0 Å². The fourth-order valence-corrected chi connectivity index (χ4v) is 3.72. The van der Waals surface area contributed by atoms with Gasteiger partial charge in [0, 0.05) is 24.4 Å². The molecule has 0 saturated heterocycles. The molecular formula is C25H27N3O7. The average Bonchev–Trinajstić information content (AvgIpc) is 2.84. The molecule has 10 heteroatoms. The maximum atomic E-state index is 12.7. The second kappa shape index (κ2) is 10.7. The Hall–Kier alpha value is -4.34. The maximum absolute atomic E-state index is 12.7. The highest BCUT2D eigenvalue weighted by atomic mass is 16.5. The summed E-state index contributed by atoms with van der Waals surface area (Å²) in [6.07, 6.45) is 0.841. The molecule has 3 rings (SSSR count). The Morgan fingerprint density at radius 1 is 1.11 bits per heavy atom. The average molecular weight is 482 g/mol. The van der Waals surface area contributed by atoms with Crippen molar-refractivity contribution >= 4 is 23.7 Å². The number of likely N-dealkylation sites (N-methyl/N-ethyl adjacent to an activating group) is 1. The van der Waals surface area contributed by atoms with Crippen LogP contribution < -0.4 is 20.1 Å². The number of methoxy groups -OCH3 is 2. The van der Waals surface area contributed by atoms with Crippen molar-refractivity contribution in [2.45, 2.75) is 25.4 Å². The van der Waals surface area contributed by atoms with Gasteiger partial charge < -0.3 is 30.1 Å². The van der Waals surface area contributed by atoms with Gasteiger partial charge in [0.05, 0.1) is 26.7 Å². The van der Waals surface area contributed by atoms with Gasteiger partial charge >= 0.3 is 12.0 Å². The van der Waals surface area contributed by atoms with Gasteiger partial charge in [-0.2, -0.15) is 0 Å². The Balaban J connectivity index is 1.89. The molecule has 1 aliphatic heterocycles. The lowest BCUT2D eigenvalue weighted by Crippen LogP contribution is -2.56. The van der Waals surface area contributed by atoms with E-state index in [1.807, 2.05) is 12.1 Å². The van der Waals surface area contributed by atoms with E-state index in [0.717, 1.165) is 5.56 Å². The first-order chi connectivity index (χ1) is 16.6. The third kappa shape index (κ3) is 5.78. The highest BCUT2D eigenvalue weighted by Crippen LogP contribution is 2.34. The number of ketones is 1. The van der Waals surface area contributed by atoms with E-state index in [9.17, 15) is 24.3 Å². The number of carboxylic acids is 1. The van der Waals surface area contributed by atoms with E-state index in [4.69, 9.17) is 9.47 Å². The van der Waals surface area contributed by atoms with Gasteiger partial charge in [0.2, 0.25) is 0 Å². The monoisotopic (exact) mass is 481 g/mol. The van der Waals surface area contributed by atoms with E-state index < -0.39 is 42.2 Å². The molecule has 2 atom stereocenters. The van der Waals surface area contributed by atoms with E-state index in [0.29, 0.717) is 28.3 Å². The molecule has 3 N–H and O–H groups in total. The number of nitrogens with one attached hydrogen (secondary N) is 2. The molecule has 2 unspecified atom stereocenters. The quantitative estimate of drug-likeness (QED) is 0.493. The predicted octanol–water partition coefficient (Wildman–Crippen LogP) is 2.50. The first-order valence-corrected chi connectivity index (χ1v) is 10.8. The molecule has 3 amide bonds. The summed E-state index contributed by atoms with van der Waals surface area (Å²) in [5.74, 6) is -1.10. The molecule has 35 heavy (non-hydrogen) atoms. The number of benzene rings is 2. The lowest BCUT2D eigenvalue weighted by atomic mass is 9.96. The Labute approximate surface area is 202 Å². The smallest absolute Gasteiger partial charge is 0.316 e. The fraction of sp³-hybridized carbons (Fsp3) is 0.280. The second-order valence-electron chi connectivity index (χ2n) is 7.98. The minimum Gasteiger partial charge on any atom is -0.497 e. The van der Waals surface area contributed by atoms with Crippen LogP contribution in [0.2, 0.25) is 0 Å². The number of amides is 3. The van der Waals surface area contributed by atoms with E-state index in [1.165, 1.54) is 25.1 Å². The number of hydrogen-bond acceptors (Lipinski definition) is 6. The van der Waals surface area contributed by atoms with Gasteiger partial charge in [0.1, 0.15) is 11.5 Å². The number of hydrogen-bond donors (Lipinski definition) is 3. The number of nitrogens with zero attached hydrogens (tertiary/aromatic N) is 1. The summed E-state index contributed by atoms with van der Waals surface area (Å²) in [6, 6.07) is 9.11. The van der Waals surface area contributed by atoms with Gasteiger partial charge in [0.25, 0.3) is 5.91 Å². The number of aliphatic carboxylic acids is 1. The van der Waals surface area contributed by atoms with Gasteiger partial charge in [0.15, 0.2) is 11.8 Å². The topological polar surface area (TPSA) is 134 Å². The molecular weight excluding hydrogens is 454 g/mol. The van der Waals surface area contributed by atoms with Crippen molar-refractivity contribution in [2.24, 2.45) is 0 Å². The SMILES string of the molecule is COc1cccc(-c2cc(C(CC(=O)O)NC(=O)NC3C(=O)C=C(C)N(C)C3=O)ccc2OC)c1. The van der Waals surface area contributed by atoms with Crippen LogP contribution in [0.5, 0.6) is 11.5 Å². The largest absolute Gasteiger partial charge is 0.497 e. The summed E-state index contributed by atoms with van der Waals surface area (Å²) >= 11 is 0. The highest BCUT2D eigenvalue weighted by Gasteiger charge is 2.34. The normalized spacial score (nSPS) is 16.3. The zero-order valence-corrected chi connectivity index (χ0v) is 19.8. The van der Waals surface area contributed by atoms with E-state index in [1.54, 1.807) is 44.4 Å². The standard InChI is InChI=1S/C25H27N3O7/c1-14-10-20(29)23(24(32)28(14)2)27-25(33)26-19(13-22(30)31)16-8-9-21(35-4)18(12-16)15-6-5-7-17(11-15)34-3/h5-12,19,23H,13H2,1-4H3,(H,30,31)(H2,26,27,33). The molecule has 10 nitrogen and oxygen atoms in total. The summed E-state index contributed by atoms with van der Waals surface area (Å²) in [4.78, 5) is 50.3. The number of rotatable bonds is 8. The Morgan fingerprint density at radius 2 is 1.86 bits per heavy atom. The molecule has 0 spiro atoms. The van der Waals surface area contributed by atoms with Crippen molar-refractivity contribution in [3.8, 4) is 22.6 Å². The Kier molecular flexibility index (Phi) is 7.75. The molecule has 0 aliphatic carbocycles. The maximum Gasteiger partial charge on any atom is 0.316 e. The molecule has 0 bridgehead atoms. The van der Waals surface area contributed by atoms with E-state index in [2.05, 4.69) is 10.6 Å². The molecule has 1 aliphatic rings. The Bertz CT molecular complexity index is 1190. The van der Waals surface area contributed by atoms with E-state index in [-0.39, 0.29) is 0 Å². The minimum atomic E-state index is -1.39. The molecule has 0 aromatic heterocycles. The second-order valence-corrected chi connectivity index (χ2v) is 7.98. The van der Waals surface area contributed by atoms with Crippen molar-refractivity contribution in [3.05, 3.63) is 59.8 Å². The molecule has 2 aromatic carbocycles. The highest BCUT2D eigenvalue weighted by molar-refractivity contribution is 6.15. The minimum absolute atomic E-state index is 0.428. The lowest BCUT2D eigenvalue weighted by molar-refractivity contribution is -0.138. The molecule has 0 saturated carbocycles. The number of allylic oxidation sites excluding steroid dienone is 1. The zero-order chi connectivity index (χ0) is 25.7. The molecule has 184 valence electrons. The predicted molar refractivity (Wildman–Crippen MR) is 127 cm³/mol. The number of urea groups is 1. The fourth-order valence-electron chi connectivity index (χ4n) is 3.72.